The zero-order valence-corrected chi connectivity index (χ0v) is 11.7. The van der Waals surface area contributed by atoms with Gasteiger partial charge in [0.05, 0.1) is 5.02 Å². The van der Waals surface area contributed by atoms with Crippen molar-refractivity contribution in [2.45, 2.75) is 6.54 Å². The minimum atomic E-state index is -0.200. The van der Waals surface area contributed by atoms with Crippen LogP contribution in [0.15, 0.2) is 36.5 Å². The number of benzene rings is 1. The second kappa shape index (κ2) is 5.91. The largest absolute Gasteiger partial charge is 0.356 e. The summed E-state index contributed by atoms with van der Waals surface area (Å²) in [5.41, 5.74) is 2.37. The van der Waals surface area contributed by atoms with Gasteiger partial charge in [-0.2, -0.15) is 0 Å². The number of anilines is 1. The van der Waals surface area contributed by atoms with Crippen LogP contribution in [-0.4, -0.2) is 29.9 Å². The summed E-state index contributed by atoms with van der Waals surface area (Å²) in [7, 11) is 4.01. The van der Waals surface area contributed by atoms with Gasteiger partial charge in [-0.3, -0.25) is 4.79 Å². The molecular weight excluding hydrogens is 262 g/mol. The number of amides is 1. The van der Waals surface area contributed by atoms with Gasteiger partial charge in [-0.25, -0.2) is 0 Å². The van der Waals surface area contributed by atoms with Crippen LogP contribution in [0.5, 0.6) is 0 Å². The van der Waals surface area contributed by atoms with Gasteiger partial charge >= 0.3 is 0 Å². The van der Waals surface area contributed by atoms with E-state index in [-0.39, 0.29) is 5.91 Å². The Bertz CT molecular complexity index is 578. The Hall–Kier alpha value is -1.78. The molecule has 0 radical (unpaired) electrons. The molecule has 0 fully saturated rings. The Morgan fingerprint density at radius 3 is 2.79 bits per heavy atom. The standard InChI is InChI=1S/C14H16ClN3O/c1-18(2)9-10-4-3-5-12(6-10)17-14(19)13-7-11(15)8-16-13/h3-8,16H,9H2,1-2H3,(H,17,19). The number of H-pyrrole nitrogens is 1. The van der Waals surface area contributed by atoms with Gasteiger partial charge in [-0.05, 0) is 37.9 Å². The third kappa shape index (κ3) is 3.84. The fourth-order valence-corrected chi connectivity index (χ4v) is 1.97. The first kappa shape index (κ1) is 13.6. The Balaban J connectivity index is 2.08. The number of carbonyl (C=O) groups excluding carboxylic acids is 1. The molecule has 1 aromatic carbocycles. The number of aromatic nitrogens is 1. The van der Waals surface area contributed by atoms with E-state index in [9.17, 15) is 4.79 Å². The normalized spacial score (nSPS) is 10.7. The summed E-state index contributed by atoms with van der Waals surface area (Å²) >= 11 is 5.77. The summed E-state index contributed by atoms with van der Waals surface area (Å²) in [6, 6.07) is 9.38. The Kier molecular flexibility index (Phi) is 4.24. The molecule has 0 aliphatic rings. The van der Waals surface area contributed by atoms with Crippen molar-refractivity contribution in [1.29, 1.82) is 0 Å². The number of halogens is 1. The highest BCUT2D eigenvalue weighted by Crippen LogP contribution is 2.14. The Labute approximate surface area is 117 Å². The lowest BCUT2D eigenvalue weighted by Gasteiger charge is -2.11. The summed E-state index contributed by atoms with van der Waals surface area (Å²) in [6.45, 7) is 0.831. The minimum absolute atomic E-state index is 0.200. The van der Waals surface area contributed by atoms with Crippen LogP contribution in [0.3, 0.4) is 0 Å². The number of aromatic amines is 1. The number of hydrogen-bond acceptors (Lipinski definition) is 2. The van der Waals surface area contributed by atoms with Gasteiger partial charge in [0.1, 0.15) is 5.69 Å². The molecule has 1 heterocycles. The number of nitrogens with zero attached hydrogens (tertiary/aromatic N) is 1. The summed E-state index contributed by atoms with van der Waals surface area (Å²) in [5.74, 6) is -0.200. The van der Waals surface area contributed by atoms with Crippen LogP contribution in [0.1, 0.15) is 16.1 Å². The van der Waals surface area contributed by atoms with Crippen molar-refractivity contribution in [2.75, 3.05) is 19.4 Å². The van der Waals surface area contributed by atoms with Crippen LogP contribution < -0.4 is 5.32 Å². The predicted molar refractivity (Wildman–Crippen MR) is 77.6 cm³/mol. The molecule has 5 heteroatoms. The summed E-state index contributed by atoms with van der Waals surface area (Å²) in [6.07, 6.45) is 1.58. The maximum Gasteiger partial charge on any atom is 0.272 e. The van der Waals surface area contributed by atoms with E-state index in [1.54, 1.807) is 12.3 Å². The Morgan fingerprint density at radius 2 is 2.16 bits per heavy atom. The van der Waals surface area contributed by atoms with E-state index >= 15 is 0 Å². The molecule has 0 bridgehead atoms. The van der Waals surface area contributed by atoms with Crippen molar-refractivity contribution in [3.63, 3.8) is 0 Å². The van der Waals surface area contributed by atoms with Crippen molar-refractivity contribution in [1.82, 2.24) is 9.88 Å². The quantitative estimate of drug-likeness (QED) is 0.903. The molecule has 0 atom stereocenters. The van der Waals surface area contributed by atoms with E-state index in [1.165, 1.54) is 0 Å². The molecular formula is C14H16ClN3O. The van der Waals surface area contributed by atoms with E-state index in [0.717, 1.165) is 17.8 Å². The average Bonchev–Trinajstić information content (AvgIpc) is 2.75. The van der Waals surface area contributed by atoms with Gasteiger partial charge in [0.2, 0.25) is 0 Å². The lowest BCUT2D eigenvalue weighted by molar-refractivity contribution is 0.102. The lowest BCUT2D eigenvalue weighted by atomic mass is 10.2. The zero-order chi connectivity index (χ0) is 13.8. The highest BCUT2D eigenvalue weighted by Gasteiger charge is 2.08. The summed E-state index contributed by atoms with van der Waals surface area (Å²) in [4.78, 5) is 16.8. The predicted octanol–water partition coefficient (Wildman–Crippen LogP) is 2.98. The van der Waals surface area contributed by atoms with Crippen LogP contribution in [0.2, 0.25) is 5.02 Å². The molecule has 2 N–H and O–H groups in total. The van der Waals surface area contributed by atoms with Crippen LogP contribution in [0.25, 0.3) is 0 Å². The van der Waals surface area contributed by atoms with E-state index in [1.807, 2.05) is 38.4 Å². The summed E-state index contributed by atoms with van der Waals surface area (Å²) < 4.78 is 0. The molecule has 19 heavy (non-hydrogen) atoms. The molecule has 0 aliphatic heterocycles. The van der Waals surface area contributed by atoms with Crippen molar-refractivity contribution < 1.29 is 4.79 Å². The van der Waals surface area contributed by atoms with Gasteiger partial charge in [0.25, 0.3) is 5.91 Å². The molecule has 0 saturated heterocycles. The van der Waals surface area contributed by atoms with Crippen LogP contribution in [-0.2, 0) is 6.54 Å². The first-order chi connectivity index (χ1) is 9.04. The summed E-state index contributed by atoms with van der Waals surface area (Å²) in [5, 5.41) is 3.36. The van der Waals surface area contributed by atoms with Gasteiger partial charge < -0.3 is 15.2 Å². The third-order valence-electron chi connectivity index (χ3n) is 2.58. The Morgan fingerprint density at radius 1 is 1.37 bits per heavy atom. The SMILES string of the molecule is CN(C)Cc1cccc(NC(=O)c2cc(Cl)c[nH]2)c1. The second-order valence-corrected chi connectivity index (χ2v) is 5.06. The van der Waals surface area contributed by atoms with Crippen molar-refractivity contribution >= 4 is 23.2 Å². The van der Waals surface area contributed by atoms with Gasteiger partial charge in [-0.15, -0.1) is 0 Å². The molecule has 2 aromatic rings. The van der Waals surface area contributed by atoms with E-state index < -0.39 is 0 Å². The highest BCUT2D eigenvalue weighted by molar-refractivity contribution is 6.31. The van der Waals surface area contributed by atoms with E-state index in [2.05, 4.69) is 15.2 Å². The average molecular weight is 278 g/mol. The third-order valence-corrected chi connectivity index (χ3v) is 2.79. The molecule has 0 unspecified atom stereocenters. The molecule has 1 amide bonds. The van der Waals surface area contributed by atoms with Gasteiger partial charge in [0.15, 0.2) is 0 Å². The lowest BCUT2D eigenvalue weighted by Crippen LogP contribution is -2.13. The number of nitrogens with one attached hydrogen (secondary N) is 2. The molecule has 0 saturated carbocycles. The van der Waals surface area contributed by atoms with Crippen molar-refractivity contribution in [2.24, 2.45) is 0 Å². The molecule has 4 nitrogen and oxygen atoms in total. The van der Waals surface area contributed by atoms with Crippen molar-refractivity contribution in [3.8, 4) is 0 Å². The number of carbonyl (C=O) groups is 1. The molecule has 2 rings (SSSR count). The molecule has 0 aliphatic carbocycles. The van der Waals surface area contributed by atoms with Gasteiger partial charge in [-0.1, -0.05) is 23.7 Å². The van der Waals surface area contributed by atoms with E-state index in [0.29, 0.717) is 10.7 Å². The maximum atomic E-state index is 11.9. The van der Waals surface area contributed by atoms with E-state index in [4.69, 9.17) is 11.6 Å². The second-order valence-electron chi connectivity index (χ2n) is 4.62. The minimum Gasteiger partial charge on any atom is -0.356 e. The number of rotatable bonds is 4. The first-order valence-corrected chi connectivity index (χ1v) is 6.31. The number of hydrogen-bond donors (Lipinski definition) is 2. The monoisotopic (exact) mass is 277 g/mol. The van der Waals surface area contributed by atoms with Crippen LogP contribution >= 0.6 is 11.6 Å². The molecule has 1 aromatic heterocycles. The van der Waals surface area contributed by atoms with Crippen LogP contribution in [0, 0.1) is 0 Å². The maximum absolute atomic E-state index is 11.9. The topological polar surface area (TPSA) is 48.1 Å². The fourth-order valence-electron chi connectivity index (χ4n) is 1.81. The first-order valence-electron chi connectivity index (χ1n) is 5.93. The van der Waals surface area contributed by atoms with Crippen molar-refractivity contribution in [3.05, 3.63) is 52.8 Å². The fraction of sp³-hybridized carbons (Fsp3) is 0.214. The smallest absolute Gasteiger partial charge is 0.272 e. The molecule has 100 valence electrons. The zero-order valence-electron chi connectivity index (χ0n) is 10.9. The van der Waals surface area contributed by atoms with Crippen LogP contribution in [0.4, 0.5) is 5.69 Å². The molecule has 0 spiro atoms. The highest BCUT2D eigenvalue weighted by atomic mass is 35.5. The van der Waals surface area contributed by atoms with Gasteiger partial charge in [0, 0.05) is 18.4 Å².